The molecule has 1 rings (SSSR count). The minimum atomic E-state index is -0.231. The fourth-order valence-electron chi connectivity index (χ4n) is 1.15. The van der Waals surface area contributed by atoms with Gasteiger partial charge in [-0.05, 0) is 6.07 Å². The highest BCUT2D eigenvalue weighted by molar-refractivity contribution is 5.93. The molecular weight excluding hydrogens is 222 g/mol. The van der Waals surface area contributed by atoms with E-state index in [1.54, 1.807) is 12.1 Å². The monoisotopic (exact) mass is 237 g/mol. The summed E-state index contributed by atoms with van der Waals surface area (Å²) >= 11 is 0. The standard InChI is InChI=1S/C11H15N3O3/c1-8(15)12-5-6-13-11(16)9-3-4-10(17-2)14-7-9/h3-4,7H,5-6H2,1-2H3,(H,12,15)(H,13,16). The van der Waals surface area contributed by atoms with Crippen LogP contribution < -0.4 is 15.4 Å². The summed E-state index contributed by atoms with van der Waals surface area (Å²) in [6, 6.07) is 3.24. The van der Waals surface area contributed by atoms with Gasteiger partial charge in [0.1, 0.15) is 0 Å². The largest absolute Gasteiger partial charge is 0.481 e. The predicted octanol–water partition coefficient (Wildman–Crippen LogP) is -0.0439. The van der Waals surface area contributed by atoms with E-state index in [4.69, 9.17) is 4.74 Å². The lowest BCUT2D eigenvalue weighted by atomic mass is 10.2. The molecule has 1 heterocycles. The van der Waals surface area contributed by atoms with E-state index in [9.17, 15) is 9.59 Å². The van der Waals surface area contributed by atoms with Gasteiger partial charge in [-0.2, -0.15) is 0 Å². The molecule has 0 radical (unpaired) electrons. The number of pyridine rings is 1. The summed E-state index contributed by atoms with van der Waals surface area (Å²) in [5, 5.41) is 5.24. The second kappa shape index (κ2) is 6.47. The Hall–Kier alpha value is -2.11. The number of methoxy groups -OCH3 is 1. The fourth-order valence-corrected chi connectivity index (χ4v) is 1.15. The Balaban J connectivity index is 2.38. The first-order valence-corrected chi connectivity index (χ1v) is 5.16. The van der Waals surface area contributed by atoms with Gasteiger partial charge < -0.3 is 15.4 Å². The zero-order chi connectivity index (χ0) is 12.7. The lowest BCUT2D eigenvalue weighted by Crippen LogP contribution is -2.33. The van der Waals surface area contributed by atoms with Crippen molar-refractivity contribution < 1.29 is 14.3 Å². The van der Waals surface area contributed by atoms with E-state index >= 15 is 0 Å². The van der Waals surface area contributed by atoms with Gasteiger partial charge in [-0.25, -0.2) is 4.98 Å². The highest BCUT2D eigenvalue weighted by Crippen LogP contribution is 2.05. The maximum absolute atomic E-state index is 11.6. The van der Waals surface area contributed by atoms with Crippen LogP contribution in [0.1, 0.15) is 17.3 Å². The van der Waals surface area contributed by atoms with Crippen molar-refractivity contribution in [2.24, 2.45) is 0 Å². The molecule has 0 aliphatic carbocycles. The maximum atomic E-state index is 11.6. The van der Waals surface area contributed by atoms with Crippen LogP contribution in [-0.2, 0) is 4.79 Å². The van der Waals surface area contributed by atoms with Gasteiger partial charge in [-0.3, -0.25) is 9.59 Å². The van der Waals surface area contributed by atoms with Crippen molar-refractivity contribution in [1.82, 2.24) is 15.6 Å². The second-order valence-electron chi connectivity index (χ2n) is 3.33. The molecule has 0 atom stereocenters. The van der Waals surface area contributed by atoms with Gasteiger partial charge >= 0.3 is 0 Å². The van der Waals surface area contributed by atoms with Crippen LogP contribution in [0.3, 0.4) is 0 Å². The number of hydrogen-bond acceptors (Lipinski definition) is 4. The van der Waals surface area contributed by atoms with Crippen LogP contribution in [0.5, 0.6) is 5.88 Å². The van der Waals surface area contributed by atoms with Crippen molar-refractivity contribution in [3.63, 3.8) is 0 Å². The molecule has 6 heteroatoms. The zero-order valence-corrected chi connectivity index (χ0v) is 9.82. The van der Waals surface area contributed by atoms with Crippen molar-refractivity contribution >= 4 is 11.8 Å². The smallest absolute Gasteiger partial charge is 0.252 e. The quantitative estimate of drug-likeness (QED) is 0.704. The first kappa shape index (κ1) is 13.0. The summed E-state index contributed by atoms with van der Waals surface area (Å²) in [4.78, 5) is 26.1. The Morgan fingerprint density at radius 1 is 1.29 bits per heavy atom. The molecule has 0 aliphatic heterocycles. The third-order valence-corrected chi connectivity index (χ3v) is 1.99. The summed E-state index contributed by atoms with van der Waals surface area (Å²) in [6.45, 7) is 2.21. The second-order valence-corrected chi connectivity index (χ2v) is 3.33. The maximum Gasteiger partial charge on any atom is 0.252 e. The summed E-state index contributed by atoms with van der Waals surface area (Å²) < 4.78 is 4.88. The van der Waals surface area contributed by atoms with E-state index < -0.39 is 0 Å². The molecule has 2 amide bonds. The highest BCUT2D eigenvalue weighted by atomic mass is 16.5. The summed E-state index contributed by atoms with van der Waals surface area (Å²) in [5.41, 5.74) is 0.452. The van der Waals surface area contributed by atoms with Crippen molar-refractivity contribution in [1.29, 1.82) is 0 Å². The zero-order valence-electron chi connectivity index (χ0n) is 9.82. The number of amides is 2. The number of rotatable bonds is 5. The Morgan fingerprint density at radius 2 is 2.00 bits per heavy atom. The molecule has 0 aliphatic rings. The molecule has 0 saturated heterocycles. The first-order chi connectivity index (χ1) is 8.13. The highest BCUT2D eigenvalue weighted by Gasteiger charge is 2.05. The third-order valence-electron chi connectivity index (χ3n) is 1.99. The predicted molar refractivity (Wildman–Crippen MR) is 61.8 cm³/mol. The van der Waals surface area contributed by atoms with E-state index in [0.717, 1.165) is 0 Å². The molecule has 0 bridgehead atoms. The number of carbonyl (C=O) groups is 2. The molecule has 92 valence electrons. The molecule has 17 heavy (non-hydrogen) atoms. The van der Waals surface area contributed by atoms with Crippen LogP contribution in [0, 0.1) is 0 Å². The molecule has 1 aromatic rings. The van der Waals surface area contributed by atoms with Crippen molar-refractivity contribution in [3.8, 4) is 5.88 Å². The molecule has 0 saturated carbocycles. The van der Waals surface area contributed by atoms with E-state index in [1.807, 2.05) is 0 Å². The van der Waals surface area contributed by atoms with E-state index in [2.05, 4.69) is 15.6 Å². The Morgan fingerprint density at radius 3 is 2.53 bits per heavy atom. The van der Waals surface area contributed by atoms with E-state index in [1.165, 1.54) is 20.2 Å². The van der Waals surface area contributed by atoms with Crippen LogP contribution in [0.4, 0.5) is 0 Å². The third kappa shape index (κ3) is 4.50. The van der Waals surface area contributed by atoms with Gasteiger partial charge in [0.15, 0.2) is 0 Å². The SMILES string of the molecule is COc1ccc(C(=O)NCCNC(C)=O)cn1. The molecular formula is C11H15N3O3. The van der Waals surface area contributed by atoms with Gasteiger partial charge in [0.25, 0.3) is 5.91 Å². The fraction of sp³-hybridized carbons (Fsp3) is 0.364. The van der Waals surface area contributed by atoms with Gasteiger partial charge in [0.05, 0.1) is 12.7 Å². The number of nitrogens with one attached hydrogen (secondary N) is 2. The summed E-state index contributed by atoms with van der Waals surface area (Å²) in [6.07, 6.45) is 1.44. The van der Waals surface area contributed by atoms with Crippen LogP contribution in [0.2, 0.25) is 0 Å². The van der Waals surface area contributed by atoms with Crippen LogP contribution in [-0.4, -0.2) is 37.0 Å². The van der Waals surface area contributed by atoms with Gasteiger partial charge in [0.2, 0.25) is 11.8 Å². The number of carbonyl (C=O) groups excluding carboxylic acids is 2. The Kier molecular flexibility index (Phi) is 4.93. The Bertz CT molecular complexity index is 389. The lowest BCUT2D eigenvalue weighted by molar-refractivity contribution is -0.118. The summed E-state index contributed by atoms with van der Waals surface area (Å²) in [5.74, 6) is 0.107. The number of nitrogens with zero attached hydrogens (tertiary/aromatic N) is 1. The molecule has 1 aromatic heterocycles. The molecule has 0 unspecified atom stereocenters. The van der Waals surface area contributed by atoms with Gasteiger partial charge in [0, 0.05) is 32.3 Å². The lowest BCUT2D eigenvalue weighted by Gasteiger charge is -2.05. The summed E-state index contributed by atoms with van der Waals surface area (Å²) in [7, 11) is 1.51. The first-order valence-electron chi connectivity index (χ1n) is 5.16. The number of ether oxygens (including phenoxy) is 1. The average Bonchev–Trinajstić information content (AvgIpc) is 2.34. The topological polar surface area (TPSA) is 80.3 Å². The molecule has 2 N–H and O–H groups in total. The van der Waals surface area contributed by atoms with Crippen LogP contribution in [0.25, 0.3) is 0 Å². The van der Waals surface area contributed by atoms with Crippen LogP contribution >= 0.6 is 0 Å². The van der Waals surface area contributed by atoms with Crippen LogP contribution in [0.15, 0.2) is 18.3 Å². The molecule has 0 aromatic carbocycles. The number of aromatic nitrogens is 1. The van der Waals surface area contributed by atoms with Gasteiger partial charge in [-0.15, -0.1) is 0 Å². The minimum Gasteiger partial charge on any atom is -0.481 e. The van der Waals surface area contributed by atoms with E-state index in [0.29, 0.717) is 24.5 Å². The normalized spacial score (nSPS) is 9.53. The minimum absolute atomic E-state index is 0.120. The molecule has 0 spiro atoms. The van der Waals surface area contributed by atoms with Crippen molar-refractivity contribution in [2.75, 3.05) is 20.2 Å². The van der Waals surface area contributed by atoms with Crippen molar-refractivity contribution in [3.05, 3.63) is 23.9 Å². The van der Waals surface area contributed by atoms with Gasteiger partial charge in [-0.1, -0.05) is 0 Å². The molecule has 0 fully saturated rings. The average molecular weight is 237 g/mol. The number of hydrogen-bond donors (Lipinski definition) is 2. The van der Waals surface area contributed by atoms with E-state index in [-0.39, 0.29) is 11.8 Å². The molecule has 6 nitrogen and oxygen atoms in total. The Labute approximate surface area is 99.4 Å². The van der Waals surface area contributed by atoms with Crippen molar-refractivity contribution in [2.45, 2.75) is 6.92 Å².